The van der Waals surface area contributed by atoms with E-state index in [1.54, 1.807) is 12.3 Å². The first-order valence-corrected chi connectivity index (χ1v) is 9.25. The number of rotatable bonds is 10. The van der Waals surface area contributed by atoms with Gasteiger partial charge < -0.3 is 20.0 Å². The van der Waals surface area contributed by atoms with E-state index in [9.17, 15) is 4.79 Å². The number of anilines is 1. The number of carboxylic acid groups (broad SMARTS) is 1. The maximum atomic E-state index is 10.9. The molecule has 0 unspecified atom stereocenters. The molecule has 0 aliphatic rings. The van der Waals surface area contributed by atoms with Crippen molar-refractivity contribution in [1.82, 2.24) is 9.97 Å². The average Bonchev–Trinajstić information content (AvgIpc) is 3.19. The summed E-state index contributed by atoms with van der Waals surface area (Å²) in [4.78, 5) is 19.2. The molecule has 0 saturated carbocycles. The van der Waals surface area contributed by atoms with Crippen LogP contribution >= 0.6 is 0 Å². The van der Waals surface area contributed by atoms with Gasteiger partial charge in [0.05, 0.1) is 12.3 Å². The van der Waals surface area contributed by atoms with E-state index >= 15 is 0 Å². The summed E-state index contributed by atoms with van der Waals surface area (Å²) >= 11 is 0. The summed E-state index contributed by atoms with van der Waals surface area (Å²) in [5.41, 5.74) is 8.06. The number of pyridine rings is 1. The number of aromatic carboxylic acids is 1. The molecule has 0 fully saturated rings. The molecule has 7 nitrogen and oxygen atoms in total. The van der Waals surface area contributed by atoms with Crippen molar-refractivity contribution in [3.63, 3.8) is 0 Å². The molecule has 28 heavy (non-hydrogen) atoms. The van der Waals surface area contributed by atoms with Gasteiger partial charge in [0.25, 0.3) is 0 Å². The number of ether oxygens (including phenoxy) is 1. The van der Waals surface area contributed by atoms with Crippen LogP contribution in [-0.4, -0.2) is 27.7 Å². The Morgan fingerprint density at radius 2 is 1.96 bits per heavy atom. The predicted octanol–water partition coefficient (Wildman–Crippen LogP) is 4.20. The van der Waals surface area contributed by atoms with Gasteiger partial charge in [-0.2, -0.15) is 0 Å². The Kier molecular flexibility index (Phi) is 6.62. The van der Waals surface area contributed by atoms with Crippen LogP contribution in [0.4, 0.5) is 5.69 Å². The first-order chi connectivity index (χ1) is 13.6. The lowest BCUT2D eigenvalue weighted by Crippen LogP contribution is -2.00. The van der Waals surface area contributed by atoms with Gasteiger partial charge in [0.1, 0.15) is 12.0 Å². The molecule has 0 saturated heterocycles. The van der Waals surface area contributed by atoms with Crippen LogP contribution in [0.3, 0.4) is 0 Å². The first kappa shape index (κ1) is 19.4. The highest BCUT2D eigenvalue weighted by Gasteiger charge is 2.12. The number of oxazole rings is 1. The van der Waals surface area contributed by atoms with Crippen LogP contribution in [-0.2, 0) is 6.42 Å². The molecular formula is C21H23N3O4. The second kappa shape index (κ2) is 9.55. The van der Waals surface area contributed by atoms with Crippen LogP contribution in [0.2, 0.25) is 0 Å². The molecule has 146 valence electrons. The van der Waals surface area contributed by atoms with Crippen LogP contribution in [0.1, 0.15) is 41.9 Å². The van der Waals surface area contributed by atoms with Gasteiger partial charge in [-0.25, -0.2) is 9.78 Å². The number of carboxylic acids is 1. The van der Waals surface area contributed by atoms with Crippen molar-refractivity contribution in [1.29, 1.82) is 0 Å². The summed E-state index contributed by atoms with van der Waals surface area (Å²) in [7, 11) is 0. The quantitative estimate of drug-likeness (QED) is 0.400. The lowest BCUT2D eigenvalue weighted by atomic mass is 10.1. The molecule has 2 heterocycles. The summed E-state index contributed by atoms with van der Waals surface area (Å²) in [6.45, 7) is 0.651. The van der Waals surface area contributed by atoms with Gasteiger partial charge in [-0.05, 0) is 43.5 Å². The lowest BCUT2D eigenvalue weighted by Gasteiger charge is -2.08. The monoisotopic (exact) mass is 381 g/mol. The van der Waals surface area contributed by atoms with Crippen molar-refractivity contribution in [3.05, 3.63) is 60.2 Å². The second-order valence-corrected chi connectivity index (χ2v) is 6.43. The molecule has 3 aromatic rings. The number of benzene rings is 1. The van der Waals surface area contributed by atoms with Crippen LogP contribution in [0, 0.1) is 0 Å². The number of nitrogen functional groups attached to an aromatic ring is 1. The smallest absolute Gasteiger partial charge is 0.357 e. The third kappa shape index (κ3) is 5.33. The fourth-order valence-corrected chi connectivity index (χ4v) is 2.81. The van der Waals surface area contributed by atoms with Crippen molar-refractivity contribution in [3.8, 4) is 17.2 Å². The maximum Gasteiger partial charge on any atom is 0.357 e. The maximum absolute atomic E-state index is 10.9. The topological polar surface area (TPSA) is 111 Å². The van der Waals surface area contributed by atoms with Crippen molar-refractivity contribution in [2.45, 2.75) is 32.1 Å². The van der Waals surface area contributed by atoms with Crippen molar-refractivity contribution in [2.75, 3.05) is 12.3 Å². The van der Waals surface area contributed by atoms with Crippen molar-refractivity contribution < 1.29 is 19.1 Å². The summed E-state index contributed by atoms with van der Waals surface area (Å²) in [5, 5.41) is 8.93. The van der Waals surface area contributed by atoms with Crippen LogP contribution in [0.15, 0.2) is 53.3 Å². The molecule has 2 aromatic heterocycles. The molecule has 0 spiro atoms. The van der Waals surface area contributed by atoms with Gasteiger partial charge in [-0.1, -0.05) is 25.0 Å². The largest absolute Gasteiger partial charge is 0.491 e. The zero-order chi connectivity index (χ0) is 19.8. The van der Waals surface area contributed by atoms with Crippen LogP contribution in [0.5, 0.6) is 5.75 Å². The highest BCUT2D eigenvalue weighted by Crippen LogP contribution is 2.21. The Morgan fingerprint density at radius 1 is 1.14 bits per heavy atom. The highest BCUT2D eigenvalue weighted by molar-refractivity contribution is 5.85. The Labute approximate surface area is 163 Å². The molecule has 3 N–H and O–H groups in total. The molecule has 0 aliphatic heterocycles. The summed E-state index contributed by atoms with van der Waals surface area (Å²) in [5.74, 6) is -0.0808. The van der Waals surface area contributed by atoms with Crippen LogP contribution < -0.4 is 10.5 Å². The number of hydrogen-bond donors (Lipinski definition) is 2. The molecular weight excluding hydrogens is 358 g/mol. The van der Waals surface area contributed by atoms with E-state index in [1.807, 2.05) is 30.3 Å². The number of aromatic nitrogens is 2. The minimum Gasteiger partial charge on any atom is -0.491 e. The molecule has 3 rings (SSSR count). The van der Waals surface area contributed by atoms with E-state index in [2.05, 4.69) is 9.97 Å². The lowest BCUT2D eigenvalue weighted by molar-refractivity contribution is 0.0690. The van der Waals surface area contributed by atoms with E-state index in [0.29, 0.717) is 18.2 Å². The highest BCUT2D eigenvalue weighted by atomic mass is 16.5. The zero-order valence-electron chi connectivity index (χ0n) is 15.5. The summed E-state index contributed by atoms with van der Waals surface area (Å²) < 4.78 is 10.9. The Hall–Kier alpha value is -3.35. The van der Waals surface area contributed by atoms with E-state index < -0.39 is 5.97 Å². The van der Waals surface area contributed by atoms with Gasteiger partial charge >= 0.3 is 5.97 Å². The summed E-state index contributed by atoms with van der Waals surface area (Å²) in [6, 6.07) is 11.1. The third-order valence-corrected chi connectivity index (χ3v) is 4.29. The Morgan fingerprint density at radius 3 is 2.75 bits per heavy atom. The van der Waals surface area contributed by atoms with E-state index in [1.165, 1.54) is 0 Å². The molecule has 1 aromatic carbocycles. The van der Waals surface area contributed by atoms with E-state index in [4.69, 9.17) is 20.0 Å². The van der Waals surface area contributed by atoms with Crippen LogP contribution in [0.25, 0.3) is 11.5 Å². The number of carbonyl (C=O) groups is 1. The Balaban J connectivity index is 1.39. The normalized spacial score (nSPS) is 10.7. The van der Waals surface area contributed by atoms with Gasteiger partial charge in [0.15, 0.2) is 5.69 Å². The average molecular weight is 381 g/mol. The number of unbranched alkanes of at least 4 members (excludes halogenated alkanes) is 3. The molecule has 0 aliphatic carbocycles. The van der Waals surface area contributed by atoms with Crippen molar-refractivity contribution >= 4 is 11.7 Å². The second-order valence-electron chi connectivity index (χ2n) is 6.43. The fraction of sp³-hybridized carbons (Fsp3) is 0.286. The molecule has 0 atom stereocenters. The minimum absolute atomic E-state index is 0.104. The Bertz CT molecular complexity index is 923. The van der Waals surface area contributed by atoms with Gasteiger partial charge in [-0.15, -0.1) is 0 Å². The standard InChI is InChI=1S/C21H23N3O4/c22-17-8-4-5-9-19(17)27-12-6-2-1-3-7-16-13-15(10-11-23-16)20-24-18(14-28-20)21(25)26/h4-5,8-11,13-14H,1-3,6-7,12,22H2,(H,25,26). The number of para-hydroxylation sites is 2. The minimum atomic E-state index is -1.11. The number of aryl methyl sites for hydroxylation is 1. The number of hydrogen-bond acceptors (Lipinski definition) is 6. The first-order valence-electron chi connectivity index (χ1n) is 9.25. The third-order valence-electron chi connectivity index (χ3n) is 4.29. The number of nitrogens with zero attached hydrogens (tertiary/aromatic N) is 2. The van der Waals surface area contributed by atoms with Gasteiger partial charge in [-0.3, -0.25) is 4.98 Å². The van der Waals surface area contributed by atoms with E-state index in [0.717, 1.165) is 55.4 Å². The van der Waals surface area contributed by atoms with Gasteiger partial charge in [0.2, 0.25) is 5.89 Å². The molecule has 0 amide bonds. The molecule has 0 radical (unpaired) electrons. The molecule has 0 bridgehead atoms. The molecule has 7 heteroatoms. The van der Waals surface area contributed by atoms with Crippen molar-refractivity contribution in [2.24, 2.45) is 0 Å². The number of nitrogens with two attached hydrogens (primary N) is 1. The fourth-order valence-electron chi connectivity index (χ4n) is 2.81. The summed E-state index contributed by atoms with van der Waals surface area (Å²) in [6.07, 6.45) is 7.78. The SMILES string of the molecule is Nc1ccccc1OCCCCCCc1cc(-c2nc(C(=O)O)co2)ccn1. The van der Waals surface area contributed by atoms with Gasteiger partial charge in [0, 0.05) is 17.5 Å². The zero-order valence-corrected chi connectivity index (χ0v) is 15.5. The predicted molar refractivity (Wildman–Crippen MR) is 105 cm³/mol. The van der Waals surface area contributed by atoms with E-state index in [-0.39, 0.29) is 5.69 Å².